The van der Waals surface area contributed by atoms with Gasteiger partial charge in [0.05, 0.1) is 11.5 Å². The van der Waals surface area contributed by atoms with Crippen molar-refractivity contribution in [1.82, 2.24) is 10.2 Å². The molecule has 0 aromatic rings. The fourth-order valence-electron chi connectivity index (χ4n) is 4.27. The number of carbonyl (C=O) groups excluding carboxylic acids is 2. The fourth-order valence-corrected chi connectivity index (χ4v) is 6.00. The fraction of sp³-hybridized carbons (Fsp3) is 0.900. The van der Waals surface area contributed by atoms with Crippen LogP contribution in [0.4, 0.5) is 0 Å². The maximum Gasteiger partial charge on any atom is 0.312 e. The second kappa shape index (κ2) is 11.0. The van der Waals surface area contributed by atoms with Crippen LogP contribution >= 0.6 is 0 Å². The number of likely N-dealkylation sites (N-methyl/N-ethyl adjacent to an activating group) is 1. The Kier molecular flexibility index (Phi) is 9.06. The highest BCUT2D eigenvalue weighted by Gasteiger charge is 2.36. The van der Waals surface area contributed by atoms with Crippen LogP contribution in [0.2, 0.25) is 0 Å². The molecule has 1 aliphatic carbocycles. The molecule has 1 saturated heterocycles. The second-order valence-corrected chi connectivity index (χ2v) is 10.3. The maximum absolute atomic E-state index is 12.6. The first-order valence-electron chi connectivity index (χ1n) is 10.7. The SMILES string of the molecule is CCN(C(=O)C(=O)NC1CCCCCCCCCCC1)C1CCS(=O)(=O)C1. The van der Waals surface area contributed by atoms with Crippen molar-refractivity contribution in [2.24, 2.45) is 0 Å². The number of nitrogens with one attached hydrogen (secondary N) is 1. The smallest absolute Gasteiger partial charge is 0.312 e. The molecule has 2 rings (SSSR count). The van der Waals surface area contributed by atoms with E-state index in [1.54, 1.807) is 6.92 Å². The third-order valence-electron chi connectivity index (χ3n) is 5.89. The maximum atomic E-state index is 12.6. The van der Waals surface area contributed by atoms with Gasteiger partial charge in [-0.15, -0.1) is 0 Å². The van der Waals surface area contributed by atoms with Gasteiger partial charge in [0.2, 0.25) is 0 Å². The quantitative estimate of drug-likeness (QED) is 0.739. The number of amides is 2. The molecule has 6 nitrogen and oxygen atoms in total. The Bertz CT molecular complexity index is 579. The molecule has 0 aromatic carbocycles. The van der Waals surface area contributed by atoms with Crippen molar-refractivity contribution in [3.05, 3.63) is 0 Å². The molecule has 1 atom stereocenters. The van der Waals surface area contributed by atoms with Gasteiger partial charge >= 0.3 is 11.8 Å². The van der Waals surface area contributed by atoms with E-state index in [1.165, 1.54) is 49.8 Å². The van der Waals surface area contributed by atoms with E-state index < -0.39 is 21.7 Å². The highest BCUT2D eigenvalue weighted by atomic mass is 32.2. The normalized spacial score (nSPS) is 25.1. The van der Waals surface area contributed by atoms with Crippen molar-refractivity contribution in [3.8, 4) is 0 Å². The molecule has 0 bridgehead atoms. The number of rotatable bonds is 3. The highest BCUT2D eigenvalue weighted by Crippen LogP contribution is 2.19. The summed E-state index contributed by atoms with van der Waals surface area (Å²) in [5.74, 6) is -1.07. The summed E-state index contributed by atoms with van der Waals surface area (Å²) < 4.78 is 23.4. The molecule has 1 heterocycles. The van der Waals surface area contributed by atoms with E-state index in [4.69, 9.17) is 0 Å². The monoisotopic (exact) mass is 400 g/mol. The standard InChI is InChI=1S/C20H36N2O4S/c1-2-22(18-14-15-27(25,26)16-18)20(24)19(23)21-17-12-10-8-6-4-3-5-7-9-11-13-17/h17-18H,2-16H2,1H3,(H,21,23). The summed E-state index contributed by atoms with van der Waals surface area (Å²) in [5, 5.41) is 2.95. The molecule has 0 radical (unpaired) electrons. The minimum absolute atomic E-state index is 0.0245. The first kappa shape index (κ1) is 22.2. The minimum Gasteiger partial charge on any atom is -0.345 e. The molecule has 2 amide bonds. The van der Waals surface area contributed by atoms with Crippen LogP contribution in [-0.2, 0) is 19.4 Å². The Morgan fingerprint density at radius 2 is 1.41 bits per heavy atom. The number of hydrogen-bond acceptors (Lipinski definition) is 4. The average Bonchev–Trinajstić information content (AvgIpc) is 2.97. The Morgan fingerprint density at radius 1 is 0.889 bits per heavy atom. The summed E-state index contributed by atoms with van der Waals surface area (Å²) in [6.07, 6.45) is 13.2. The predicted octanol–water partition coefficient (Wildman–Crippen LogP) is 2.81. The van der Waals surface area contributed by atoms with Crippen LogP contribution in [-0.4, -0.2) is 55.3 Å². The lowest BCUT2D eigenvalue weighted by Crippen LogP contribution is -2.50. The summed E-state index contributed by atoms with van der Waals surface area (Å²) in [4.78, 5) is 26.6. The van der Waals surface area contributed by atoms with Crippen molar-refractivity contribution in [2.45, 2.75) is 96.1 Å². The molecule has 27 heavy (non-hydrogen) atoms. The average molecular weight is 401 g/mol. The third kappa shape index (κ3) is 7.43. The topological polar surface area (TPSA) is 83.6 Å². The number of sulfone groups is 1. The van der Waals surface area contributed by atoms with Gasteiger partial charge in [0, 0.05) is 18.6 Å². The zero-order valence-corrected chi connectivity index (χ0v) is 17.6. The summed E-state index contributed by atoms with van der Waals surface area (Å²) in [6, 6.07) is -0.318. The molecule has 1 saturated carbocycles. The molecule has 0 spiro atoms. The molecule has 1 unspecified atom stereocenters. The number of nitrogens with zero attached hydrogens (tertiary/aromatic N) is 1. The van der Waals surface area contributed by atoms with Crippen LogP contribution in [0, 0.1) is 0 Å². The molecule has 7 heteroatoms. The van der Waals surface area contributed by atoms with Crippen LogP contribution in [0.3, 0.4) is 0 Å². The van der Waals surface area contributed by atoms with Gasteiger partial charge in [0.25, 0.3) is 0 Å². The second-order valence-electron chi connectivity index (χ2n) is 8.08. The van der Waals surface area contributed by atoms with Gasteiger partial charge in [0.15, 0.2) is 9.84 Å². The Labute approximate surface area is 164 Å². The van der Waals surface area contributed by atoms with E-state index >= 15 is 0 Å². The molecule has 1 N–H and O–H groups in total. The zero-order valence-electron chi connectivity index (χ0n) is 16.7. The van der Waals surface area contributed by atoms with Crippen LogP contribution in [0.5, 0.6) is 0 Å². The predicted molar refractivity (Wildman–Crippen MR) is 107 cm³/mol. The first-order chi connectivity index (χ1) is 12.9. The van der Waals surface area contributed by atoms with Gasteiger partial charge in [0.1, 0.15) is 0 Å². The van der Waals surface area contributed by atoms with Gasteiger partial charge < -0.3 is 10.2 Å². The van der Waals surface area contributed by atoms with Gasteiger partial charge in [-0.1, -0.05) is 57.8 Å². The molecule has 156 valence electrons. The molecular formula is C20H36N2O4S. The van der Waals surface area contributed by atoms with E-state index in [1.807, 2.05) is 0 Å². The molecule has 2 aliphatic rings. The minimum atomic E-state index is -3.09. The zero-order chi connectivity index (χ0) is 19.7. The van der Waals surface area contributed by atoms with Crippen LogP contribution in [0.15, 0.2) is 0 Å². The van der Waals surface area contributed by atoms with E-state index in [2.05, 4.69) is 5.32 Å². The Hall–Kier alpha value is -1.11. The molecular weight excluding hydrogens is 364 g/mol. The van der Waals surface area contributed by atoms with Crippen molar-refractivity contribution in [2.75, 3.05) is 18.1 Å². The van der Waals surface area contributed by atoms with Crippen molar-refractivity contribution >= 4 is 21.7 Å². The van der Waals surface area contributed by atoms with Crippen LogP contribution in [0.1, 0.15) is 84.0 Å². The van der Waals surface area contributed by atoms with E-state index in [9.17, 15) is 18.0 Å². The summed E-state index contributed by atoms with van der Waals surface area (Å²) in [7, 11) is -3.09. The van der Waals surface area contributed by atoms with Crippen molar-refractivity contribution in [1.29, 1.82) is 0 Å². The number of hydrogen-bond donors (Lipinski definition) is 1. The van der Waals surface area contributed by atoms with E-state index in [-0.39, 0.29) is 23.6 Å². The first-order valence-corrected chi connectivity index (χ1v) is 12.6. The molecule has 1 aliphatic heterocycles. The molecule has 0 aromatic heterocycles. The third-order valence-corrected chi connectivity index (χ3v) is 7.64. The lowest BCUT2D eigenvalue weighted by Gasteiger charge is -2.27. The van der Waals surface area contributed by atoms with Gasteiger partial charge in [-0.3, -0.25) is 9.59 Å². The summed E-state index contributed by atoms with van der Waals surface area (Å²) in [5.41, 5.74) is 0. The summed E-state index contributed by atoms with van der Waals surface area (Å²) >= 11 is 0. The van der Waals surface area contributed by atoms with Crippen molar-refractivity contribution in [3.63, 3.8) is 0 Å². The lowest BCUT2D eigenvalue weighted by molar-refractivity contribution is -0.147. The number of carbonyl (C=O) groups is 2. The van der Waals surface area contributed by atoms with Gasteiger partial charge in [-0.05, 0) is 26.2 Å². The van der Waals surface area contributed by atoms with Gasteiger partial charge in [-0.2, -0.15) is 0 Å². The summed E-state index contributed by atoms with van der Waals surface area (Å²) in [6.45, 7) is 2.16. The van der Waals surface area contributed by atoms with E-state index in [0.717, 1.165) is 25.7 Å². The largest absolute Gasteiger partial charge is 0.345 e. The van der Waals surface area contributed by atoms with Crippen molar-refractivity contribution < 1.29 is 18.0 Å². The Balaban J connectivity index is 1.90. The lowest BCUT2D eigenvalue weighted by atomic mass is 9.98. The molecule has 2 fully saturated rings. The Morgan fingerprint density at radius 3 is 1.85 bits per heavy atom. The van der Waals surface area contributed by atoms with Gasteiger partial charge in [-0.25, -0.2) is 8.42 Å². The van der Waals surface area contributed by atoms with E-state index in [0.29, 0.717) is 13.0 Å². The van der Waals surface area contributed by atoms with Crippen LogP contribution < -0.4 is 5.32 Å². The highest BCUT2D eigenvalue weighted by molar-refractivity contribution is 7.91. The van der Waals surface area contributed by atoms with Crippen LogP contribution in [0.25, 0.3) is 0 Å².